The van der Waals surface area contributed by atoms with Crippen LogP contribution in [0.2, 0.25) is 0 Å². The van der Waals surface area contributed by atoms with E-state index in [1.54, 1.807) is 6.08 Å². The molecule has 12 heavy (non-hydrogen) atoms. The molecule has 0 bridgehead atoms. The Balaban J connectivity index is 2.54. The van der Waals surface area contributed by atoms with Crippen LogP contribution in [0.1, 0.15) is 13.3 Å². The van der Waals surface area contributed by atoms with Crippen LogP contribution in [0.3, 0.4) is 0 Å². The Labute approximate surface area is 72.3 Å². The number of hydrogen-bond acceptors (Lipinski definition) is 2. The van der Waals surface area contributed by atoms with Crippen molar-refractivity contribution in [1.82, 2.24) is 5.32 Å². The molecule has 0 heterocycles. The average molecular weight is 166 g/mol. The van der Waals surface area contributed by atoms with Crippen molar-refractivity contribution in [3.05, 3.63) is 23.8 Å². The molecule has 0 aromatic heterocycles. The lowest BCUT2D eigenvalue weighted by atomic mass is 10.0. The second kappa shape index (κ2) is 4.07. The van der Waals surface area contributed by atoms with E-state index < -0.39 is 0 Å². The molecule has 66 valence electrons. The fraction of sp³-hybridized carbons (Fsp3) is 0.444. The second-order valence-corrected chi connectivity index (χ2v) is 2.78. The van der Waals surface area contributed by atoms with E-state index in [-0.39, 0.29) is 11.9 Å². The number of nitrogens with one attached hydrogen (secondary N) is 1. The summed E-state index contributed by atoms with van der Waals surface area (Å²) in [6, 6.07) is 0.0724. The van der Waals surface area contributed by atoms with E-state index in [0.29, 0.717) is 6.54 Å². The van der Waals surface area contributed by atoms with Gasteiger partial charge in [0.15, 0.2) is 0 Å². The van der Waals surface area contributed by atoms with Gasteiger partial charge in [-0.05, 0) is 13.3 Å². The maximum Gasteiger partial charge on any atom is 0.250 e. The van der Waals surface area contributed by atoms with Gasteiger partial charge >= 0.3 is 0 Å². The van der Waals surface area contributed by atoms with Crippen LogP contribution in [0.25, 0.3) is 0 Å². The van der Waals surface area contributed by atoms with Crippen LogP contribution >= 0.6 is 0 Å². The zero-order valence-corrected chi connectivity index (χ0v) is 7.21. The summed E-state index contributed by atoms with van der Waals surface area (Å²) in [5, 5.41) is 2.73. The largest absolute Gasteiger partial charge is 0.352 e. The van der Waals surface area contributed by atoms with Crippen molar-refractivity contribution >= 4 is 5.91 Å². The molecule has 0 fully saturated rings. The Morgan fingerprint density at radius 3 is 3.08 bits per heavy atom. The number of amides is 1. The third kappa shape index (κ3) is 2.20. The molecule has 0 aromatic carbocycles. The van der Waals surface area contributed by atoms with Crippen molar-refractivity contribution in [2.24, 2.45) is 5.73 Å². The van der Waals surface area contributed by atoms with Crippen molar-refractivity contribution in [3.8, 4) is 0 Å². The lowest BCUT2D eigenvalue weighted by Crippen LogP contribution is -2.26. The van der Waals surface area contributed by atoms with Crippen LogP contribution in [0.15, 0.2) is 23.8 Å². The number of nitrogens with two attached hydrogens (primary N) is 1. The Morgan fingerprint density at radius 2 is 2.58 bits per heavy atom. The number of hydrogen-bond donors (Lipinski definition) is 2. The van der Waals surface area contributed by atoms with E-state index in [9.17, 15) is 4.79 Å². The van der Waals surface area contributed by atoms with Crippen LogP contribution in [0.5, 0.6) is 0 Å². The maximum atomic E-state index is 11.2. The first kappa shape index (κ1) is 9.00. The van der Waals surface area contributed by atoms with Crippen LogP contribution in [0.4, 0.5) is 0 Å². The molecule has 1 aliphatic rings. The highest BCUT2D eigenvalue weighted by molar-refractivity contribution is 5.96. The van der Waals surface area contributed by atoms with Gasteiger partial charge in [0.1, 0.15) is 0 Å². The number of carbonyl (C=O) groups is 1. The quantitative estimate of drug-likeness (QED) is 0.621. The van der Waals surface area contributed by atoms with Crippen molar-refractivity contribution < 1.29 is 4.79 Å². The summed E-state index contributed by atoms with van der Waals surface area (Å²) >= 11 is 0. The minimum absolute atomic E-state index is 0.0133. The fourth-order valence-electron chi connectivity index (χ4n) is 1.07. The number of likely N-dealkylation sites (N-methyl/N-ethyl adjacent to an activating group) is 1. The molecule has 1 amide bonds. The molecular weight excluding hydrogens is 152 g/mol. The highest BCUT2D eigenvalue weighted by Gasteiger charge is 2.09. The van der Waals surface area contributed by atoms with Gasteiger partial charge in [0.25, 0.3) is 5.91 Å². The average Bonchev–Trinajstić information content (AvgIpc) is 2.06. The smallest absolute Gasteiger partial charge is 0.250 e. The van der Waals surface area contributed by atoms with E-state index in [1.807, 2.05) is 19.1 Å². The van der Waals surface area contributed by atoms with Gasteiger partial charge in [-0.25, -0.2) is 0 Å². The van der Waals surface area contributed by atoms with E-state index in [2.05, 4.69) is 5.32 Å². The summed E-state index contributed by atoms with van der Waals surface area (Å²) in [4.78, 5) is 11.2. The number of carbonyl (C=O) groups excluding carboxylic acids is 1. The molecule has 1 rings (SSSR count). The van der Waals surface area contributed by atoms with Gasteiger partial charge in [-0.3, -0.25) is 4.79 Å². The SMILES string of the molecule is CCNC(=O)C1=CCC(N)C=C1. The third-order valence-corrected chi connectivity index (χ3v) is 1.73. The zero-order chi connectivity index (χ0) is 8.97. The molecular formula is C9H14N2O. The molecule has 0 aromatic rings. The predicted octanol–water partition coefficient (Wildman–Crippen LogP) is 0.336. The maximum absolute atomic E-state index is 11.2. The molecule has 0 spiro atoms. The third-order valence-electron chi connectivity index (χ3n) is 1.73. The summed E-state index contributed by atoms with van der Waals surface area (Å²) in [6.45, 7) is 2.56. The molecule has 0 saturated heterocycles. The first-order valence-corrected chi connectivity index (χ1v) is 4.16. The molecule has 3 heteroatoms. The molecule has 1 atom stereocenters. The molecule has 0 saturated carbocycles. The van der Waals surface area contributed by atoms with Gasteiger partial charge in [-0.1, -0.05) is 18.2 Å². The highest BCUT2D eigenvalue weighted by Crippen LogP contribution is 2.08. The molecule has 1 unspecified atom stereocenters. The van der Waals surface area contributed by atoms with Crippen LogP contribution in [-0.4, -0.2) is 18.5 Å². The normalized spacial score (nSPS) is 21.8. The standard InChI is InChI=1S/C9H14N2O/c1-2-11-9(12)7-3-5-8(10)6-4-7/h3-5,8H,2,6,10H2,1H3,(H,11,12). The fourth-order valence-corrected chi connectivity index (χ4v) is 1.07. The summed E-state index contributed by atoms with van der Waals surface area (Å²) in [5.41, 5.74) is 6.33. The van der Waals surface area contributed by atoms with Gasteiger partial charge in [-0.15, -0.1) is 0 Å². The first-order chi connectivity index (χ1) is 5.74. The Kier molecular flexibility index (Phi) is 3.05. The Morgan fingerprint density at radius 1 is 1.83 bits per heavy atom. The summed E-state index contributed by atoms with van der Waals surface area (Å²) in [5.74, 6) is -0.0133. The minimum atomic E-state index is -0.0133. The molecule has 1 aliphatic carbocycles. The van der Waals surface area contributed by atoms with Gasteiger partial charge < -0.3 is 11.1 Å². The summed E-state index contributed by atoms with van der Waals surface area (Å²) < 4.78 is 0. The van der Waals surface area contributed by atoms with Crippen LogP contribution in [0, 0.1) is 0 Å². The summed E-state index contributed by atoms with van der Waals surface area (Å²) in [7, 11) is 0. The van der Waals surface area contributed by atoms with Gasteiger partial charge in [0.05, 0.1) is 0 Å². The zero-order valence-electron chi connectivity index (χ0n) is 7.21. The molecule has 0 aliphatic heterocycles. The minimum Gasteiger partial charge on any atom is -0.352 e. The van der Waals surface area contributed by atoms with Crippen molar-refractivity contribution in [3.63, 3.8) is 0 Å². The second-order valence-electron chi connectivity index (χ2n) is 2.78. The van der Waals surface area contributed by atoms with Gasteiger partial charge in [-0.2, -0.15) is 0 Å². The number of rotatable bonds is 2. The van der Waals surface area contributed by atoms with Crippen molar-refractivity contribution in [1.29, 1.82) is 0 Å². The lowest BCUT2D eigenvalue weighted by Gasteiger charge is -2.10. The monoisotopic (exact) mass is 166 g/mol. The van der Waals surface area contributed by atoms with Crippen LogP contribution < -0.4 is 11.1 Å². The van der Waals surface area contributed by atoms with Crippen molar-refractivity contribution in [2.45, 2.75) is 19.4 Å². The van der Waals surface area contributed by atoms with Gasteiger partial charge in [0, 0.05) is 18.2 Å². The first-order valence-electron chi connectivity index (χ1n) is 4.16. The van der Waals surface area contributed by atoms with E-state index in [1.165, 1.54) is 0 Å². The van der Waals surface area contributed by atoms with E-state index in [4.69, 9.17) is 5.73 Å². The molecule has 0 radical (unpaired) electrons. The van der Waals surface area contributed by atoms with E-state index in [0.717, 1.165) is 12.0 Å². The molecule has 3 N–H and O–H groups in total. The lowest BCUT2D eigenvalue weighted by molar-refractivity contribution is -0.117. The summed E-state index contributed by atoms with van der Waals surface area (Å²) in [6.07, 6.45) is 6.25. The van der Waals surface area contributed by atoms with Crippen LogP contribution in [-0.2, 0) is 4.79 Å². The van der Waals surface area contributed by atoms with Gasteiger partial charge in [0.2, 0.25) is 0 Å². The molecule has 3 nitrogen and oxygen atoms in total. The predicted molar refractivity (Wildman–Crippen MR) is 48.5 cm³/mol. The Bertz CT molecular complexity index is 231. The highest BCUT2D eigenvalue weighted by atomic mass is 16.1. The topological polar surface area (TPSA) is 55.1 Å². The van der Waals surface area contributed by atoms with E-state index >= 15 is 0 Å². The van der Waals surface area contributed by atoms with Crippen molar-refractivity contribution in [2.75, 3.05) is 6.54 Å². The Hall–Kier alpha value is -1.09.